The minimum atomic E-state index is -0.0678. The van der Waals surface area contributed by atoms with Crippen LogP contribution in [0.25, 0.3) is 0 Å². The van der Waals surface area contributed by atoms with Crippen LogP contribution >= 0.6 is 0 Å². The van der Waals surface area contributed by atoms with Gasteiger partial charge in [0.15, 0.2) is 0 Å². The molecule has 1 saturated carbocycles. The number of carbonyl (C=O) groups excluding carboxylic acids is 1. The maximum Gasteiger partial charge on any atom is 0.229 e. The van der Waals surface area contributed by atoms with E-state index in [1.54, 1.807) is 0 Å². The third-order valence-corrected chi connectivity index (χ3v) is 4.31. The maximum atomic E-state index is 12.5. The number of likely N-dealkylation sites (N-methyl/N-ethyl adjacent to an activating group) is 1. The van der Waals surface area contributed by atoms with E-state index in [0.717, 1.165) is 31.2 Å². The van der Waals surface area contributed by atoms with Crippen LogP contribution in [0, 0.1) is 0 Å². The summed E-state index contributed by atoms with van der Waals surface area (Å²) in [4.78, 5) is 14.5. The minimum absolute atomic E-state index is 0.0678. The zero-order chi connectivity index (χ0) is 13.8. The number of carbonyl (C=O) groups is 1. The largest absolute Gasteiger partial charge is 0.342 e. The van der Waals surface area contributed by atoms with Crippen molar-refractivity contribution in [2.75, 3.05) is 7.05 Å². The molecule has 1 aliphatic rings. The molecule has 3 heteroatoms. The highest BCUT2D eigenvalue weighted by Gasteiger charge is 2.27. The molecule has 0 heterocycles. The summed E-state index contributed by atoms with van der Waals surface area (Å²) in [5, 5.41) is 0. The Morgan fingerprint density at radius 1 is 1.21 bits per heavy atom. The van der Waals surface area contributed by atoms with Gasteiger partial charge in [-0.3, -0.25) is 4.79 Å². The van der Waals surface area contributed by atoms with E-state index < -0.39 is 0 Å². The third kappa shape index (κ3) is 3.35. The topological polar surface area (TPSA) is 46.3 Å². The van der Waals surface area contributed by atoms with Gasteiger partial charge in [0.25, 0.3) is 0 Å². The van der Waals surface area contributed by atoms with Crippen LogP contribution in [0.3, 0.4) is 0 Å². The summed E-state index contributed by atoms with van der Waals surface area (Å²) in [7, 11) is 1.93. The van der Waals surface area contributed by atoms with Gasteiger partial charge in [-0.1, -0.05) is 30.3 Å². The van der Waals surface area contributed by atoms with E-state index in [2.05, 4.69) is 0 Å². The molecule has 2 N–H and O–H groups in total. The Morgan fingerprint density at radius 3 is 2.37 bits per heavy atom. The first kappa shape index (κ1) is 14.1. The van der Waals surface area contributed by atoms with Gasteiger partial charge in [0.05, 0.1) is 5.92 Å². The second kappa shape index (κ2) is 6.20. The molecular formula is C16H24N2O. The molecule has 19 heavy (non-hydrogen) atoms. The Kier molecular flexibility index (Phi) is 4.59. The molecule has 0 bridgehead atoms. The van der Waals surface area contributed by atoms with Gasteiger partial charge in [-0.2, -0.15) is 0 Å². The van der Waals surface area contributed by atoms with Crippen molar-refractivity contribution >= 4 is 5.91 Å². The fraction of sp³-hybridized carbons (Fsp3) is 0.562. The molecule has 1 aromatic rings. The molecule has 0 saturated heterocycles. The van der Waals surface area contributed by atoms with Gasteiger partial charge in [0.2, 0.25) is 5.91 Å². The molecule has 1 atom stereocenters. The van der Waals surface area contributed by atoms with Crippen molar-refractivity contribution in [3.05, 3.63) is 35.9 Å². The summed E-state index contributed by atoms with van der Waals surface area (Å²) < 4.78 is 0. The molecule has 104 valence electrons. The van der Waals surface area contributed by atoms with Gasteiger partial charge in [-0.05, 0) is 38.2 Å². The normalized spacial score (nSPS) is 24.8. The monoisotopic (exact) mass is 260 g/mol. The van der Waals surface area contributed by atoms with Crippen molar-refractivity contribution in [1.82, 2.24) is 4.90 Å². The number of benzene rings is 1. The molecule has 0 spiro atoms. The SMILES string of the molecule is CC(C(=O)N(C)C1CCC(N)CC1)c1ccccc1. The van der Waals surface area contributed by atoms with Crippen molar-refractivity contribution in [1.29, 1.82) is 0 Å². The maximum absolute atomic E-state index is 12.5. The Labute approximate surface area is 115 Å². The molecule has 1 amide bonds. The quantitative estimate of drug-likeness (QED) is 0.907. The van der Waals surface area contributed by atoms with E-state index in [9.17, 15) is 4.79 Å². The van der Waals surface area contributed by atoms with Gasteiger partial charge < -0.3 is 10.6 Å². The second-order valence-corrected chi connectivity index (χ2v) is 5.65. The number of hydrogen-bond donors (Lipinski definition) is 1. The summed E-state index contributed by atoms with van der Waals surface area (Å²) >= 11 is 0. The van der Waals surface area contributed by atoms with Crippen molar-refractivity contribution in [2.45, 2.75) is 50.6 Å². The van der Waals surface area contributed by atoms with E-state index in [-0.39, 0.29) is 11.8 Å². The first-order valence-electron chi connectivity index (χ1n) is 7.16. The van der Waals surface area contributed by atoms with Crippen LogP contribution in [0.15, 0.2) is 30.3 Å². The first-order chi connectivity index (χ1) is 9.09. The van der Waals surface area contributed by atoms with Crippen LogP contribution in [0.5, 0.6) is 0 Å². The molecule has 0 aliphatic heterocycles. The van der Waals surface area contributed by atoms with Crippen LogP contribution in [0.1, 0.15) is 44.1 Å². The van der Waals surface area contributed by atoms with Gasteiger partial charge >= 0.3 is 0 Å². The number of nitrogens with two attached hydrogens (primary N) is 1. The highest BCUT2D eigenvalue weighted by atomic mass is 16.2. The number of nitrogens with zero attached hydrogens (tertiary/aromatic N) is 1. The summed E-state index contributed by atoms with van der Waals surface area (Å²) in [5.74, 6) is 0.147. The van der Waals surface area contributed by atoms with Crippen LogP contribution < -0.4 is 5.73 Å². The predicted octanol–water partition coefficient (Wildman–Crippen LogP) is 2.52. The molecular weight excluding hydrogens is 236 g/mol. The lowest BCUT2D eigenvalue weighted by atomic mass is 9.90. The number of hydrogen-bond acceptors (Lipinski definition) is 2. The molecule has 1 aliphatic carbocycles. The van der Waals surface area contributed by atoms with Crippen LogP contribution in [-0.2, 0) is 4.79 Å². The Bertz CT molecular complexity index is 410. The van der Waals surface area contributed by atoms with Gasteiger partial charge in [0.1, 0.15) is 0 Å². The second-order valence-electron chi connectivity index (χ2n) is 5.65. The van der Waals surface area contributed by atoms with Gasteiger partial charge in [-0.25, -0.2) is 0 Å². The number of rotatable bonds is 3. The first-order valence-corrected chi connectivity index (χ1v) is 7.16. The van der Waals surface area contributed by atoms with Gasteiger partial charge in [0, 0.05) is 19.1 Å². The average Bonchev–Trinajstić information content (AvgIpc) is 2.46. The summed E-state index contributed by atoms with van der Waals surface area (Å²) in [6.45, 7) is 1.99. The Morgan fingerprint density at radius 2 is 1.79 bits per heavy atom. The standard InChI is InChI=1S/C16H24N2O/c1-12(13-6-4-3-5-7-13)16(19)18(2)15-10-8-14(17)9-11-15/h3-7,12,14-15H,8-11,17H2,1-2H3. The van der Waals surface area contributed by atoms with Crippen molar-refractivity contribution in [3.8, 4) is 0 Å². The lowest BCUT2D eigenvalue weighted by molar-refractivity contribution is -0.133. The van der Waals surface area contributed by atoms with E-state index in [0.29, 0.717) is 12.1 Å². The van der Waals surface area contributed by atoms with Crippen LogP contribution in [-0.4, -0.2) is 29.9 Å². The highest BCUT2D eigenvalue weighted by Crippen LogP contribution is 2.25. The zero-order valence-electron chi connectivity index (χ0n) is 11.9. The van der Waals surface area contributed by atoms with Crippen molar-refractivity contribution in [3.63, 3.8) is 0 Å². The van der Waals surface area contributed by atoms with E-state index in [4.69, 9.17) is 5.73 Å². The summed E-state index contributed by atoms with van der Waals surface area (Å²) in [5.41, 5.74) is 7.01. The van der Waals surface area contributed by atoms with E-state index in [1.807, 2.05) is 49.2 Å². The smallest absolute Gasteiger partial charge is 0.229 e. The minimum Gasteiger partial charge on any atom is -0.342 e. The molecule has 3 nitrogen and oxygen atoms in total. The molecule has 1 unspecified atom stereocenters. The molecule has 0 aromatic heterocycles. The van der Waals surface area contributed by atoms with Crippen molar-refractivity contribution < 1.29 is 4.79 Å². The molecule has 1 aromatic carbocycles. The third-order valence-electron chi connectivity index (χ3n) is 4.31. The number of amides is 1. The molecule has 1 fully saturated rings. The van der Waals surface area contributed by atoms with E-state index in [1.165, 1.54) is 0 Å². The van der Waals surface area contributed by atoms with Crippen LogP contribution in [0.2, 0.25) is 0 Å². The fourth-order valence-corrected chi connectivity index (χ4v) is 2.86. The molecule has 2 rings (SSSR count). The average molecular weight is 260 g/mol. The predicted molar refractivity (Wildman–Crippen MR) is 77.9 cm³/mol. The summed E-state index contributed by atoms with van der Waals surface area (Å²) in [6, 6.07) is 10.7. The lowest BCUT2D eigenvalue weighted by Gasteiger charge is -2.35. The highest BCUT2D eigenvalue weighted by molar-refractivity contribution is 5.83. The lowest BCUT2D eigenvalue weighted by Crippen LogP contribution is -2.43. The zero-order valence-corrected chi connectivity index (χ0v) is 11.9. The Hall–Kier alpha value is -1.35. The van der Waals surface area contributed by atoms with Gasteiger partial charge in [-0.15, -0.1) is 0 Å². The van der Waals surface area contributed by atoms with E-state index >= 15 is 0 Å². The fourth-order valence-electron chi connectivity index (χ4n) is 2.86. The Balaban J connectivity index is 1.99. The molecule has 0 radical (unpaired) electrons. The van der Waals surface area contributed by atoms with Crippen LogP contribution in [0.4, 0.5) is 0 Å². The summed E-state index contributed by atoms with van der Waals surface area (Å²) in [6.07, 6.45) is 4.12. The van der Waals surface area contributed by atoms with Crippen molar-refractivity contribution in [2.24, 2.45) is 5.73 Å².